The summed E-state index contributed by atoms with van der Waals surface area (Å²) < 4.78 is 4.86. The third-order valence-corrected chi connectivity index (χ3v) is 0.746. The van der Waals surface area contributed by atoms with Crippen LogP contribution in [0, 0.1) is 0 Å². The molecule has 0 rings (SSSR count). The Morgan fingerprint density at radius 1 is 1.33 bits per heavy atom. The minimum Gasteiger partial charge on any atom is -0.354 e. The SMILES string of the molecule is CCC[N]OCOCC. The molecule has 0 N–H and O–H groups in total. The van der Waals surface area contributed by atoms with Gasteiger partial charge in [0.1, 0.15) is 0 Å². The number of rotatable bonds is 6. The summed E-state index contributed by atoms with van der Waals surface area (Å²) in [5.41, 5.74) is 3.70. The van der Waals surface area contributed by atoms with E-state index >= 15 is 0 Å². The first-order valence-corrected chi connectivity index (χ1v) is 3.28. The van der Waals surface area contributed by atoms with Crippen LogP contribution in [-0.2, 0) is 9.57 Å². The summed E-state index contributed by atoms with van der Waals surface area (Å²) >= 11 is 0. The standard InChI is InChI=1S/C6H14NO2/c1-3-5-7-9-6-8-4-2/h3-6H2,1-2H3. The smallest absolute Gasteiger partial charge is 0.168 e. The molecule has 0 saturated heterocycles. The maximum Gasteiger partial charge on any atom is 0.168 e. The van der Waals surface area contributed by atoms with Gasteiger partial charge in [0, 0.05) is 13.2 Å². The first kappa shape index (κ1) is 8.88. The first-order chi connectivity index (χ1) is 4.41. The fourth-order valence-corrected chi connectivity index (χ4v) is 0.314. The largest absolute Gasteiger partial charge is 0.354 e. The van der Waals surface area contributed by atoms with E-state index in [9.17, 15) is 0 Å². The fraction of sp³-hybridized carbons (Fsp3) is 1.00. The lowest BCUT2D eigenvalue weighted by atomic mass is 10.5. The average Bonchev–Trinajstić information content (AvgIpc) is 1.89. The predicted octanol–water partition coefficient (Wildman–Crippen LogP) is 0.926. The summed E-state index contributed by atoms with van der Waals surface area (Å²) in [5.74, 6) is 0. The highest BCUT2D eigenvalue weighted by molar-refractivity contribution is 4.24. The monoisotopic (exact) mass is 132 g/mol. The molecule has 9 heavy (non-hydrogen) atoms. The van der Waals surface area contributed by atoms with E-state index in [2.05, 4.69) is 5.48 Å². The maximum absolute atomic E-state index is 4.86. The van der Waals surface area contributed by atoms with Crippen molar-refractivity contribution in [2.24, 2.45) is 0 Å². The van der Waals surface area contributed by atoms with Crippen molar-refractivity contribution in [3.63, 3.8) is 0 Å². The topological polar surface area (TPSA) is 32.6 Å². The van der Waals surface area contributed by atoms with E-state index in [-0.39, 0.29) is 6.79 Å². The second kappa shape index (κ2) is 7.88. The molecule has 0 unspecified atom stereocenters. The Hall–Kier alpha value is -0.120. The van der Waals surface area contributed by atoms with Crippen LogP contribution in [0.2, 0.25) is 0 Å². The Labute approximate surface area is 56.3 Å². The van der Waals surface area contributed by atoms with Gasteiger partial charge >= 0.3 is 0 Å². The molecule has 55 valence electrons. The molecule has 0 fully saturated rings. The molecule has 0 aliphatic rings. The van der Waals surface area contributed by atoms with Gasteiger partial charge in [-0.2, -0.15) is 0 Å². The molecule has 0 amide bonds. The zero-order chi connectivity index (χ0) is 6.95. The van der Waals surface area contributed by atoms with E-state index in [1.807, 2.05) is 13.8 Å². The van der Waals surface area contributed by atoms with Crippen LogP contribution >= 0.6 is 0 Å². The summed E-state index contributed by atoms with van der Waals surface area (Å²) in [6.45, 7) is 5.70. The van der Waals surface area contributed by atoms with E-state index in [0.717, 1.165) is 13.0 Å². The van der Waals surface area contributed by atoms with Crippen molar-refractivity contribution in [1.29, 1.82) is 0 Å². The van der Waals surface area contributed by atoms with Crippen LogP contribution in [0.5, 0.6) is 0 Å². The third kappa shape index (κ3) is 7.88. The molecule has 0 aromatic rings. The predicted molar refractivity (Wildman–Crippen MR) is 34.9 cm³/mol. The molecule has 0 bridgehead atoms. The van der Waals surface area contributed by atoms with Gasteiger partial charge in [-0.15, -0.1) is 0 Å². The zero-order valence-corrected chi connectivity index (χ0v) is 6.09. The molecule has 0 aliphatic heterocycles. The Balaban J connectivity index is 2.60. The molecule has 0 spiro atoms. The molecule has 0 aliphatic carbocycles. The van der Waals surface area contributed by atoms with Crippen LogP contribution in [0.15, 0.2) is 0 Å². The van der Waals surface area contributed by atoms with Gasteiger partial charge < -0.3 is 4.74 Å². The van der Waals surface area contributed by atoms with Crippen molar-refractivity contribution in [3.05, 3.63) is 0 Å². The second-order valence-electron chi connectivity index (χ2n) is 1.59. The quantitative estimate of drug-likeness (QED) is 0.306. The summed E-state index contributed by atoms with van der Waals surface area (Å²) in [6.07, 6.45) is 1.02. The zero-order valence-electron chi connectivity index (χ0n) is 6.09. The van der Waals surface area contributed by atoms with Gasteiger partial charge in [-0.25, -0.2) is 0 Å². The van der Waals surface area contributed by atoms with Crippen molar-refractivity contribution >= 4 is 0 Å². The molecule has 3 nitrogen and oxygen atoms in total. The molecule has 0 aromatic heterocycles. The number of hydrogen-bond acceptors (Lipinski definition) is 2. The lowest BCUT2D eigenvalue weighted by Crippen LogP contribution is -2.10. The van der Waals surface area contributed by atoms with Gasteiger partial charge in [0.15, 0.2) is 6.79 Å². The maximum atomic E-state index is 4.86. The van der Waals surface area contributed by atoms with Crippen molar-refractivity contribution in [1.82, 2.24) is 5.48 Å². The van der Waals surface area contributed by atoms with Gasteiger partial charge in [0.25, 0.3) is 0 Å². The highest BCUT2D eigenvalue weighted by atomic mass is 16.7. The van der Waals surface area contributed by atoms with Crippen LogP contribution in [0.25, 0.3) is 0 Å². The van der Waals surface area contributed by atoms with Gasteiger partial charge in [0.05, 0.1) is 0 Å². The van der Waals surface area contributed by atoms with Crippen LogP contribution < -0.4 is 5.48 Å². The molecular formula is C6H14NO2. The fourth-order valence-electron chi connectivity index (χ4n) is 0.314. The molecule has 0 aromatic carbocycles. The number of nitrogens with zero attached hydrogens (tertiary/aromatic N) is 1. The van der Waals surface area contributed by atoms with Crippen LogP contribution in [0.4, 0.5) is 0 Å². The molecule has 0 saturated carbocycles. The molecular weight excluding hydrogens is 118 g/mol. The van der Waals surface area contributed by atoms with Crippen molar-refractivity contribution in [2.45, 2.75) is 20.3 Å². The summed E-state index contributed by atoms with van der Waals surface area (Å²) in [7, 11) is 0. The summed E-state index contributed by atoms with van der Waals surface area (Å²) in [5, 5.41) is 0. The summed E-state index contributed by atoms with van der Waals surface area (Å²) in [6, 6.07) is 0. The van der Waals surface area contributed by atoms with Crippen LogP contribution in [0.3, 0.4) is 0 Å². The third-order valence-electron chi connectivity index (χ3n) is 0.746. The van der Waals surface area contributed by atoms with E-state index in [0.29, 0.717) is 6.61 Å². The summed E-state index contributed by atoms with van der Waals surface area (Å²) in [4.78, 5) is 4.72. The normalized spacial score (nSPS) is 10.0. The van der Waals surface area contributed by atoms with Crippen LogP contribution in [0.1, 0.15) is 20.3 Å². The van der Waals surface area contributed by atoms with E-state index in [1.165, 1.54) is 0 Å². The highest BCUT2D eigenvalue weighted by Gasteiger charge is 1.84. The highest BCUT2D eigenvalue weighted by Crippen LogP contribution is 1.76. The first-order valence-electron chi connectivity index (χ1n) is 3.28. The molecule has 1 radical (unpaired) electrons. The number of ether oxygens (including phenoxy) is 1. The van der Waals surface area contributed by atoms with Crippen molar-refractivity contribution in [3.8, 4) is 0 Å². The van der Waals surface area contributed by atoms with Crippen molar-refractivity contribution < 1.29 is 9.57 Å². The Morgan fingerprint density at radius 3 is 2.67 bits per heavy atom. The Morgan fingerprint density at radius 2 is 2.11 bits per heavy atom. The Kier molecular flexibility index (Phi) is 7.77. The van der Waals surface area contributed by atoms with Gasteiger partial charge in [-0.3, -0.25) is 4.84 Å². The van der Waals surface area contributed by atoms with Gasteiger partial charge in [-0.05, 0) is 13.3 Å². The van der Waals surface area contributed by atoms with E-state index < -0.39 is 0 Å². The number of hydroxylamine groups is 1. The lowest BCUT2D eigenvalue weighted by molar-refractivity contribution is -0.0998. The molecule has 3 heteroatoms. The van der Waals surface area contributed by atoms with E-state index in [1.54, 1.807) is 0 Å². The average molecular weight is 132 g/mol. The minimum absolute atomic E-state index is 0.288. The van der Waals surface area contributed by atoms with E-state index in [4.69, 9.17) is 9.57 Å². The Bertz CT molecular complexity index is 44.3. The lowest BCUT2D eigenvalue weighted by Gasteiger charge is -1.99. The second-order valence-corrected chi connectivity index (χ2v) is 1.59. The van der Waals surface area contributed by atoms with Gasteiger partial charge in [0.2, 0.25) is 0 Å². The van der Waals surface area contributed by atoms with Crippen molar-refractivity contribution in [2.75, 3.05) is 19.9 Å². The molecule has 0 atom stereocenters. The number of hydrogen-bond donors (Lipinski definition) is 0. The van der Waals surface area contributed by atoms with Gasteiger partial charge in [-0.1, -0.05) is 12.4 Å². The molecule has 0 heterocycles. The minimum atomic E-state index is 0.288. The van der Waals surface area contributed by atoms with Crippen LogP contribution in [-0.4, -0.2) is 19.9 Å².